The predicted octanol–water partition coefficient (Wildman–Crippen LogP) is 4.68. The first-order chi connectivity index (χ1) is 19.7. The van der Waals surface area contributed by atoms with Gasteiger partial charge in [0.2, 0.25) is 11.0 Å². The van der Waals surface area contributed by atoms with Crippen LogP contribution in [0.1, 0.15) is 38.2 Å². The van der Waals surface area contributed by atoms with E-state index in [0.29, 0.717) is 55.8 Å². The van der Waals surface area contributed by atoms with Crippen molar-refractivity contribution in [3.05, 3.63) is 58.0 Å². The minimum absolute atomic E-state index is 0.0562. The highest BCUT2D eigenvalue weighted by molar-refractivity contribution is 8.01. The molecule has 1 aliphatic heterocycles. The second-order valence-corrected chi connectivity index (χ2v) is 13.2. The SMILES string of the molecule is COc1ccc(C2C(C#N)=C(N)N(c3nnc(SCC(=O)Nc4nccs4)s3)C3=C2C(=O)CC(C)(C)C3)cc1OC. The van der Waals surface area contributed by atoms with E-state index in [1.807, 2.05) is 19.9 Å². The molecule has 1 aliphatic carbocycles. The van der Waals surface area contributed by atoms with Crippen LogP contribution in [0.5, 0.6) is 11.5 Å². The molecule has 2 aliphatic rings. The molecule has 5 rings (SSSR count). The number of methoxy groups -OCH3 is 2. The number of nitrogens with zero attached hydrogens (tertiary/aromatic N) is 5. The number of amides is 1. The third-order valence-corrected chi connectivity index (χ3v) is 9.44. The van der Waals surface area contributed by atoms with E-state index in [1.165, 1.54) is 41.5 Å². The van der Waals surface area contributed by atoms with E-state index < -0.39 is 5.92 Å². The molecule has 14 heteroatoms. The van der Waals surface area contributed by atoms with Gasteiger partial charge in [0.25, 0.3) is 0 Å². The number of anilines is 2. The summed E-state index contributed by atoms with van der Waals surface area (Å²) in [4.78, 5) is 31.8. The van der Waals surface area contributed by atoms with Gasteiger partial charge < -0.3 is 20.5 Å². The molecule has 0 fully saturated rings. The smallest absolute Gasteiger partial charge is 0.236 e. The number of ketones is 1. The first kappa shape index (κ1) is 28.6. The molecule has 41 heavy (non-hydrogen) atoms. The van der Waals surface area contributed by atoms with Crippen molar-refractivity contribution in [2.24, 2.45) is 11.1 Å². The Labute approximate surface area is 249 Å². The summed E-state index contributed by atoms with van der Waals surface area (Å²) in [6.45, 7) is 4.06. The summed E-state index contributed by atoms with van der Waals surface area (Å²) in [5, 5.41) is 24.4. The fraction of sp³-hybridized carbons (Fsp3) is 0.333. The number of carbonyl (C=O) groups excluding carboxylic acids is 2. The van der Waals surface area contributed by atoms with Crippen LogP contribution in [-0.4, -0.2) is 46.8 Å². The molecule has 1 aromatic carbocycles. The van der Waals surface area contributed by atoms with E-state index in [-0.39, 0.29) is 34.3 Å². The van der Waals surface area contributed by atoms with Gasteiger partial charge in [-0.2, -0.15) is 5.26 Å². The van der Waals surface area contributed by atoms with Crippen molar-refractivity contribution >= 4 is 56.4 Å². The number of allylic oxidation sites excluding steroid dienone is 3. The van der Waals surface area contributed by atoms with E-state index in [9.17, 15) is 14.9 Å². The highest BCUT2D eigenvalue weighted by Gasteiger charge is 2.45. The molecule has 0 saturated heterocycles. The molecule has 212 valence electrons. The zero-order valence-electron chi connectivity index (χ0n) is 22.8. The van der Waals surface area contributed by atoms with Crippen LogP contribution in [0.15, 0.2) is 56.8 Å². The monoisotopic (exact) mass is 609 g/mol. The van der Waals surface area contributed by atoms with Crippen molar-refractivity contribution in [3.8, 4) is 17.6 Å². The van der Waals surface area contributed by atoms with Crippen molar-refractivity contribution in [3.63, 3.8) is 0 Å². The zero-order chi connectivity index (χ0) is 29.3. The molecule has 3 heterocycles. The fourth-order valence-corrected chi connectivity index (χ4v) is 7.24. The van der Waals surface area contributed by atoms with Crippen LogP contribution in [0.4, 0.5) is 10.3 Å². The van der Waals surface area contributed by atoms with Crippen LogP contribution in [0.3, 0.4) is 0 Å². The summed E-state index contributed by atoms with van der Waals surface area (Å²) in [5.74, 6) is 0.376. The van der Waals surface area contributed by atoms with Crippen LogP contribution in [-0.2, 0) is 9.59 Å². The Hall–Kier alpha value is -3.93. The Balaban J connectivity index is 1.52. The van der Waals surface area contributed by atoms with Crippen LogP contribution in [0.25, 0.3) is 0 Å². The lowest BCUT2D eigenvalue weighted by molar-refractivity contribution is -0.118. The minimum atomic E-state index is -0.675. The summed E-state index contributed by atoms with van der Waals surface area (Å²) in [6.07, 6.45) is 2.48. The first-order valence-corrected chi connectivity index (χ1v) is 15.2. The number of thiazole rings is 1. The summed E-state index contributed by atoms with van der Waals surface area (Å²) in [7, 11) is 3.08. The third kappa shape index (κ3) is 5.65. The average Bonchev–Trinajstić information content (AvgIpc) is 3.62. The second-order valence-electron chi connectivity index (χ2n) is 10.1. The van der Waals surface area contributed by atoms with E-state index in [2.05, 4.69) is 26.6 Å². The molecule has 3 aromatic rings. The molecule has 0 bridgehead atoms. The first-order valence-electron chi connectivity index (χ1n) is 12.5. The van der Waals surface area contributed by atoms with Crippen molar-refractivity contribution < 1.29 is 19.1 Å². The highest BCUT2D eigenvalue weighted by Crippen LogP contribution is 2.51. The van der Waals surface area contributed by atoms with Gasteiger partial charge in [0, 0.05) is 29.3 Å². The number of benzene rings is 1. The molecule has 0 saturated carbocycles. The predicted molar refractivity (Wildman–Crippen MR) is 158 cm³/mol. The van der Waals surface area contributed by atoms with Gasteiger partial charge in [0.1, 0.15) is 5.82 Å². The Morgan fingerprint density at radius 1 is 1.27 bits per heavy atom. The number of nitriles is 1. The third-order valence-electron chi connectivity index (χ3n) is 6.71. The molecule has 3 N–H and O–H groups in total. The number of thioether (sulfide) groups is 1. The minimum Gasteiger partial charge on any atom is -0.493 e. The second kappa shape index (κ2) is 11.5. The van der Waals surface area contributed by atoms with E-state index >= 15 is 0 Å². The van der Waals surface area contributed by atoms with E-state index in [0.717, 1.165) is 0 Å². The zero-order valence-corrected chi connectivity index (χ0v) is 25.2. The molecule has 0 spiro atoms. The van der Waals surface area contributed by atoms with E-state index in [1.54, 1.807) is 35.7 Å². The number of ether oxygens (including phenoxy) is 2. The van der Waals surface area contributed by atoms with Gasteiger partial charge in [-0.25, -0.2) is 4.98 Å². The van der Waals surface area contributed by atoms with Crippen molar-refractivity contribution in [1.82, 2.24) is 15.2 Å². The Morgan fingerprint density at radius 3 is 2.73 bits per heavy atom. The Morgan fingerprint density at radius 2 is 2.05 bits per heavy atom. The van der Waals surface area contributed by atoms with Gasteiger partial charge in [-0.1, -0.05) is 43.0 Å². The lowest BCUT2D eigenvalue weighted by Gasteiger charge is -2.42. The standard InChI is InChI=1S/C27H27N7O4S3/c1-27(2)10-16-22(17(35)11-27)21(14-5-6-18(37-3)19(9-14)38-4)15(12-28)23(29)34(16)25-32-33-26(41-25)40-13-20(36)31-24-30-7-8-39-24/h5-9,21H,10-11,13,29H2,1-4H3,(H,30,31,36). The van der Waals surface area contributed by atoms with Crippen LogP contribution in [0, 0.1) is 16.7 Å². The van der Waals surface area contributed by atoms with E-state index in [4.69, 9.17) is 15.2 Å². The van der Waals surface area contributed by atoms with Gasteiger partial charge >= 0.3 is 0 Å². The summed E-state index contributed by atoms with van der Waals surface area (Å²) >= 11 is 3.80. The normalized spacial score (nSPS) is 18.2. The van der Waals surface area contributed by atoms with Crippen molar-refractivity contribution in [2.75, 3.05) is 30.2 Å². The molecule has 1 atom stereocenters. The highest BCUT2D eigenvalue weighted by atomic mass is 32.2. The molecule has 2 aromatic heterocycles. The quantitative estimate of drug-likeness (QED) is 0.342. The summed E-state index contributed by atoms with van der Waals surface area (Å²) in [5.41, 5.74) is 8.51. The molecule has 1 unspecified atom stereocenters. The van der Waals surface area contributed by atoms with Crippen LogP contribution >= 0.6 is 34.4 Å². The Bertz CT molecular complexity index is 1600. The number of Topliss-reactive ketones (excluding diaryl/α,β-unsaturated/α-hetero) is 1. The van der Waals surface area contributed by atoms with Gasteiger partial charge in [0.15, 0.2) is 26.8 Å². The molecular formula is C27H27N7O4S3. The topological polar surface area (TPSA) is 156 Å². The number of rotatable bonds is 8. The lowest BCUT2D eigenvalue weighted by Crippen LogP contribution is -2.42. The fourth-order valence-electron chi connectivity index (χ4n) is 5.01. The number of nitrogens with one attached hydrogen (secondary N) is 1. The maximum absolute atomic E-state index is 13.8. The van der Waals surface area contributed by atoms with Crippen LogP contribution in [0.2, 0.25) is 0 Å². The molecule has 11 nitrogen and oxygen atoms in total. The summed E-state index contributed by atoms with van der Waals surface area (Å²) in [6, 6.07) is 7.61. The maximum atomic E-state index is 13.8. The van der Waals surface area contributed by atoms with Gasteiger partial charge in [-0.05, 0) is 29.5 Å². The average molecular weight is 610 g/mol. The molecule has 1 amide bonds. The Kier molecular flexibility index (Phi) is 8.03. The molecular weight excluding hydrogens is 583 g/mol. The van der Waals surface area contributed by atoms with Gasteiger partial charge in [-0.15, -0.1) is 21.5 Å². The largest absolute Gasteiger partial charge is 0.493 e. The van der Waals surface area contributed by atoms with Gasteiger partial charge in [0.05, 0.1) is 37.5 Å². The van der Waals surface area contributed by atoms with Crippen molar-refractivity contribution in [2.45, 2.75) is 36.9 Å². The number of hydrogen-bond acceptors (Lipinski definition) is 13. The maximum Gasteiger partial charge on any atom is 0.236 e. The van der Waals surface area contributed by atoms with Crippen LogP contribution < -0.4 is 25.4 Å². The number of aromatic nitrogens is 3. The molecule has 0 radical (unpaired) electrons. The number of carbonyl (C=O) groups is 2. The number of hydrogen-bond donors (Lipinski definition) is 2. The number of nitrogens with two attached hydrogens (primary N) is 1. The van der Waals surface area contributed by atoms with Crippen molar-refractivity contribution in [1.29, 1.82) is 5.26 Å². The summed E-state index contributed by atoms with van der Waals surface area (Å²) < 4.78 is 11.4. The lowest BCUT2D eigenvalue weighted by atomic mass is 9.68. The van der Waals surface area contributed by atoms with Gasteiger partial charge in [-0.3, -0.25) is 14.5 Å².